The molecule has 7 heteroatoms. The predicted octanol–water partition coefficient (Wildman–Crippen LogP) is 7.04. The van der Waals surface area contributed by atoms with E-state index in [0.717, 1.165) is 56.4 Å². The zero-order chi connectivity index (χ0) is 23.5. The van der Waals surface area contributed by atoms with Gasteiger partial charge < -0.3 is 16.0 Å². The molecule has 4 rings (SSSR count). The lowest BCUT2D eigenvalue weighted by atomic mass is 9.82. The molecule has 3 atom stereocenters. The summed E-state index contributed by atoms with van der Waals surface area (Å²) in [6.45, 7) is 4.19. The molecule has 1 saturated heterocycles. The van der Waals surface area contributed by atoms with E-state index in [1.165, 1.54) is 12.0 Å². The zero-order valence-corrected chi connectivity index (χ0v) is 21.3. The minimum absolute atomic E-state index is 0.00568. The number of likely N-dealkylation sites (tertiary alicyclic amines) is 1. The third kappa shape index (κ3) is 5.97. The molecule has 2 aromatic rings. The Hall–Kier alpha value is -1.46. The fraction of sp³-hybridized carbons (Fsp3) is 0.500. The van der Waals surface area contributed by atoms with Gasteiger partial charge in [-0.3, -0.25) is 4.79 Å². The number of anilines is 1. The lowest BCUT2D eigenvalue weighted by molar-refractivity contribution is -0.123. The number of primary amides is 1. The number of nitrogens with one attached hydrogen (secondary N) is 1. The van der Waals surface area contributed by atoms with Gasteiger partial charge in [-0.15, -0.1) is 0 Å². The van der Waals surface area contributed by atoms with E-state index in [0.29, 0.717) is 27.0 Å². The number of halogens is 3. The Morgan fingerprint density at radius 2 is 1.79 bits per heavy atom. The molecule has 178 valence electrons. The molecule has 1 aliphatic carbocycles. The highest BCUT2D eigenvalue weighted by Crippen LogP contribution is 2.37. The van der Waals surface area contributed by atoms with Crippen LogP contribution in [-0.4, -0.2) is 29.9 Å². The number of piperidine rings is 1. The molecule has 2 aliphatic rings. The van der Waals surface area contributed by atoms with Gasteiger partial charge in [-0.25, -0.2) is 0 Å². The second-order valence-corrected chi connectivity index (χ2v) is 10.8. The highest BCUT2D eigenvalue weighted by molar-refractivity contribution is 6.35. The Morgan fingerprint density at radius 3 is 2.48 bits per heavy atom. The average Bonchev–Trinajstić information content (AvgIpc) is 2.80. The van der Waals surface area contributed by atoms with Crippen LogP contribution in [0.25, 0.3) is 0 Å². The van der Waals surface area contributed by atoms with Crippen LogP contribution in [0.15, 0.2) is 36.4 Å². The molecular formula is C26H32Cl3N3O. The molecule has 0 aromatic heterocycles. The molecule has 0 bridgehead atoms. The van der Waals surface area contributed by atoms with Gasteiger partial charge in [0.15, 0.2) is 0 Å². The van der Waals surface area contributed by atoms with Gasteiger partial charge in [0.1, 0.15) is 0 Å². The molecule has 0 radical (unpaired) electrons. The molecule has 1 amide bonds. The second kappa shape index (κ2) is 10.9. The highest BCUT2D eigenvalue weighted by Gasteiger charge is 2.32. The van der Waals surface area contributed by atoms with Crippen molar-refractivity contribution in [3.8, 4) is 0 Å². The fourth-order valence-electron chi connectivity index (χ4n) is 5.42. The molecule has 2 unspecified atom stereocenters. The van der Waals surface area contributed by atoms with Crippen LogP contribution in [0.5, 0.6) is 0 Å². The van der Waals surface area contributed by atoms with Gasteiger partial charge in [0.25, 0.3) is 0 Å². The van der Waals surface area contributed by atoms with E-state index in [9.17, 15) is 4.79 Å². The van der Waals surface area contributed by atoms with Gasteiger partial charge in [-0.2, -0.15) is 0 Å². The summed E-state index contributed by atoms with van der Waals surface area (Å²) in [5, 5.41) is 5.50. The van der Waals surface area contributed by atoms with Crippen molar-refractivity contribution in [2.45, 2.75) is 63.5 Å². The van der Waals surface area contributed by atoms with Crippen molar-refractivity contribution < 1.29 is 4.79 Å². The van der Waals surface area contributed by atoms with Crippen molar-refractivity contribution in [3.63, 3.8) is 0 Å². The Bertz CT molecular complexity index is 991. The number of nitrogens with two attached hydrogens (primary N) is 1. The average molecular weight is 509 g/mol. The Balaban J connectivity index is 1.39. The number of carbonyl (C=O) groups is 1. The molecule has 0 spiro atoms. The summed E-state index contributed by atoms with van der Waals surface area (Å²) < 4.78 is 0. The third-order valence-corrected chi connectivity index (χ3v) is 8.25. The van der Waals surface area contributed by atoms with Crippen molar-refractivity contribution in [1.82, 2.24) is 4.90 Å². The molecule has 3 N–H and O–H groups in total. The Morgan fingerprint density at radius 1 is 1.03 bits per heavy atom. The quantitative estimate of drug-likeness (QED) is 0.440. The molecule has 1 aliphatic heterocycles. The smallest absolute Gasteiger partial charge is 0.220 e. The van der Waals surface area contributed by atoms with E-state index in [1.54, 1.807) is 6.07 Å². The molecule has 2 fully saturated rings. The van der Waals surface area contributed by atoms with Crippen LogP contribution in [0.3, 0.4) is 0 Å². The summed E-state index contributed by atoms with van der Waals surface area (Å²) in [7, 11) is 0. The third-order valence-electron chi connectivity index (χ3n) is 7.36. The fourth-order valence-corrected chi connectivity index (χ4v) is 6.17. The summed E-state index contributed by atoms with van der Waals surface area (Å²) in [4.78, 5) is 14.2. The largest absolute Gasteiger partial charge is 0.377 e. The number of benzene rings is 2. The summed E-state index contributed by atoms with van der Waals surface area (Å²) in [6, 6.07) is 12.4. The van der Waals surface area contributed by atoms with Crippen molar-refractivity contribution in [2.75, 3.05) is 18.4 Å². The number of hydrogen-bond donors (Lipinski definition) is 2. The summed E-state index contributed by atoms with van der Waals surface area (Å²) in [5.41, 5.74) is 8.80. The van der Waals surface area contributed by atoms with Crippen LogP contribution in [-0.2, 0) is 4.79 Å². The van der Waals surface area contributed by atoms with E-state index >= 15 is 0 Å². The van der Waals surface area contributed by atoms with Crippen molar-refractivity contribution in [1.29, 1.82) is 0 Å². The van der Waals surface area contributed by atoms with Crippen LogP contribution in [0.1, 0.15) is 68.5 Å². The SMILES string of the molecule is CC(Nc1cc(C2CCN([C@@H]3CCCC(C(N)=O)C3)CC2)ccc1Cl)c1ccc(Cl)cc1Cl. The minimum atomic E-state index is -0.134. The van der Waals surface area contributed by atoms with Gasteiger partial charge in [-0.1, -0.05) is 53.4 Å². The first-order valence-electron chi connectivity index (χ1n) is 11.9. The van der Waals surface area contributed by atoms with Crippen molar-refractivity contribution in [2.24, 2.45) is 11.7 Å². The van der Waals surface area contributed by atoms with E-state index in [-0.39, 0.29) is 17.9 Å². The minimum Gasteiger partial charge on any atom is -0.377 e. The normalized spacial score (nSPS) is 23.3. The Labute approximate surface area is 211 Å². The maximum absolute atomic E-state index is 11.7. The van der Waals surface area contributed by atoms with Crippen LogP contribution in [0.2, 0.25) is 15.1 Å². The molecule has 33 heavy (non-hydrogen) atoms. The van der Waals surface area contributed by atoms with Gasteiger partial charge in [-0.05, 0) is 93.4 Å². The van der Waals surface area contributed by atoms with E-state index in [2.05, 4.69) is 29.3 Å². The van der Waals surface area contributed by atoms with Gasteiger partial charge in [0.2, 0.25) is 5.91 Å². The summed E-state index contributed by atoms with van der Waals surface area (Å²) in [6.07, 6.45) is 6.35. The number of hydrogen-bond acceptors (Lipinski definition) is 3. The first-order valence-corrected chi connectivity index (χ1v) is 13.0. The molecular weight excluding hydrogens is 477 g/mol. The van der Waals surface area contributed by atoms with Gasteiger partial charge in [0.05, 0.1) is 16.8 Å². The predicted molar refractivity (Wildman–Crippen MR) is 138 cm³/mol. The monoisotopic (exact) mass is 507 g/mol. The van der Waals surface area contributed by atoms with E-state index in [1.807, 2.05) is 18.2 Å². The molecule has 2 aromatic carbocycles. The summed E-state index contributed by atoms with van der Waals surface area (Å²) >= 11 is 19.0. The van der Waals surface area contributed by atoms with Crippen LogP contribution in [0.4, 0.5) is 5.69 Å². The number of nitrogens with zero attached hydrogens (tertiary/aromatic N) is 1. The first-order chi connectivity index (χ1) is 15.8. The molecule has 1 saturated carbocycles. The lowest BCUT2D eigenvalue weighted by Gasteiger charge is -2.41. The second-order valence-electron chi connectivity index (χ2n) is 9.50. The number of amides is 1. The molecule has 1 heterocycles. The van der Waals surface area contributed by atoms with Gasteiger partial charge >= 0.3 is 0 Å². The van der Waals surface area contributed by atoms with Gasteiger partial charge in [0, 0.05) is 22.0 Å². The van der Waals surface area contributed by atoms with Crippen LogP contribution < -0.4 is 11.1 Å². The van der Waals surface area contributed by atoms with Crippen LogP contribution >= 0.6 is 34.8 Å². The highest BCUT2D eigenvalue weighted by atomic mass is 35.5. The van der Waals surface area contributed by atoms with Crippen molar-refractivity contribution >= 4 is 46.4 Å². The number of carbonyl (C=O) groups excluding carboxylic acids is 1. The lowest BCUT2D eigenvalue weighted by Crippen LogP contribution is -2.45. The molecule has 4 nitrogen and oxygen atoms in total. The van der Waals surface area contributed by atoms with E-state index < -0.39 is 0 Å². The van der Waals surface area contributed by atoms with Crippen LogP contribution in [0, 0.1) is 5.92 Å². The maximum Gasteiger partial charge on any atom is 0.220 e. The standard InChI is InChI=1S/C26H32Cl3N3O/c1-16(22-7-6-20(27)15-24(22)29)31-25-14-18(5-8-23(25)28)17-9-11-32(12-10-17)21-4-2-3-19(13-21)26(30)33/h5-8,14-17,19,21,31H,2-4,9-13H2,1H3,(H2,30,33)/t16?,19?,21-/m1/s1. The topological polar surface area (TPSA) is 58.4 Å². The summed E-state index contributed by atoms with van der Waals surface area (Å²) in [5.74, 6) is 0.413. The van der Waals surface area contributed by atoms with E-state index in [4.69, 9.17) is 40.5 Å². The number of rotatable bonds is 6. The van der Waals surface area contributed by atoms with Crippen molar-refractivity contribution in [3.05, 3.63) is 62.6 Å². The maximum atomic E-state index is 11.7. The Kier molecular flexibility index (Phi) is 8.11. The first kappa shape index (κ1) is 24.7. The zero-order valence-electron chi connectivity index (χ0n) is 19.0.